The predicted octanol–water partition coefficient (Wildman–Crippen LogP) is 3.58. The highest BCUT2D eigenvalue weighted by molar-refractivity contribution is 6.31. The summed E-state index contributed by atoms with van der Waals surface area (Å²) in [6, 6.07) is 4.21. The normalized spacial score (nSPS) is 16.4. The molecule has 2 aromatic rings. The van der Waals surface area contributed by atoms with Crippen LogP contribution in [0.15, 0.2) is 31.0 Å². The molecule has 0 unspecified atom stereocenters. The van der Waals surface area contributed by atoms with Gasteiger partial charge < -0.3 is 35.2 Å². The van der Waals surface area contributed by atoms with Gasteiger partial charge in [-0.2, -0.15) is 4.98 Å². The molecule has 1 aliphatic carbocycles. The summed E-state index contributed by atoms with van der Waals surface area (Å²) in [7, 11) is 5.78. The molecule has 11 nitrogen and oxygen atoms in total. The fraction of sp³-hybridized carbons (Fsp3) is 0.481. The van der Waals surface area contributed by atoms with E-state index in [1.807, 2.05) is 6.07 Å². The predicted molar refractivity (Wildman–Crippen MR) is 152 cm³/mol. The standard InChI is InChI=1S/C27H36ClN7O4/c1-6-24(37)30-20-13-21(23(38-5)14-22(20)35-11-7-18(8-12-35)34(3)4)31-26-29-15-19(28)25(32-26)39-16-27(9-10-27)33-17(2)36/h6,13-15,18H,1,7-12,16H2,2-5H3,(H,30,37)(H,33,36)(H,29,31,32). The van der Waals surface area contributed by atoms with Gasteiger partial charge in [-0.3, -0.25) is 9.59 Å². The van der Waals surface area contributed by atoms with Gasteiger partial charge in [0.05, 0.1) is 35.9 Å². The fourth-order valence-corrected chi connectivity index (χ4v) is 4.82. The minimum Gasteiger partial charge on any atom is -0.494 e. The highest BCUT2D eigenvalue weighted by Crippen LogP contribution is 2.40. The molecule has 1 saturated carbocycles. The minimum atomic E-state index is -0.383. The molecule has 4 rings (SSSR count). The van der Waals surface area contributed by atoms with Gasteiger partial charge in [-0.15, -0.1) is 0 Å². The molecule has 0 atom stereocenters. The van der Waals surface area contributed by atoms with E-state index in [0.29, 0.717) is 23.2 Å². The number of halogens is 1. The summed E-state index contributed by atoms with van der Waals surface area (Å²) in [5.74, 6) is 0.564. The van der Waals surface area contributed by atoms with Crippen LogP contribution in [0.2, 0.25) is 5.02 Å². The Hall–Kier alpha value is -3.57. The van der Waals surface area contributed by atoms with E-state index < -0.39 is 0 Å². The molecule has 1 saturated heterocycles. The Morgan fingerprint density at radius 1 is 1.26 bits per heavy atom. The summed E-state index contributed by atoms with van der Waals surface area (Å²) in [5, 5.41) is 9.26. The number of carbonyl (C=O) groups excluding carboxylic acids is 2. The van der Waals surface area contributed by atoms with Crippen molar-refractivity contribution in [1.29, 1.82) is 0 Å². The Morgan fingerprint density at radius 2 is 1.97 bits per heavy atom. The Balaban J connectivity index is 1.57. The average molecular weight is 558 g/mol. The first kappa shape index (κ1) is 28.4. The van der Waals surface area contributed by atoms with Crippen molar-refractivity contribution < 1.29 is 19.1 Å². The van der Waals surface area contributed by atoms with Crippen LogP contribution in [0.5, 0.6) is 11.6 Å². The molecule has 0 bridgehead atoms. The van der Waals surface area contributed by atoms with Gasteiger partial charge in [-0.1, -0.05) is 18.2 Å². The van der Waals surface area contributed by atoms with Crippen molar-refractivity contribution in [3.8, 4) is 11.6 Å². The van der Waals surface area contributed by atoms with Crippen molar-refractivity contribution in [3.05, 3.63) is 36.0 Å². The number of methoxy groups -OCH3 is 1. The molecule has 210 valence electrons. The largest absolute Gasteiger partial charge is 0.494 e. The number of nitrogens with one attached hydrogen (secondary N) is 3. The smallest absolute Gasteiger partial charge is 0.247 e. The molecular formula is C27H36ClN7O4. The third kappa shape index (κ3) is 7.10. The van der Waals surface area contributed by atoms with Crippen molar-refractivity contribution in [2.75, 3.05) is 56.4 Å². The third-order valence-electron chi connectivity index (χ3n) is 7.03. The van der Waals surface area contributed by atoms with Crippen LogP contribution in [0.25, 0.3) is 0 Å². The first-order chi connectivity index (χ1) is 18.6. The number of amides is 2. The molecule has 3 N–H and O–H groups in total. The maximum Gasteiger partial charge on any atom is 0.247 e. The van der Waals surface area contributed by atoms with Crippen LogP contribution in [0, 0.1) is 0 Å². The number of hydrogen-bond acceptors (Lipinski definition) is 9. The van der Waals surface area contributed by atoms with Gasteiger partial charge in [-0.25, -0.2) is 4.98 Å². The Bertz CT molecular complexity index is 1230. The Kier molecular flexibility index (Phi) is 8.81. The van der Waals surface area contributed by atoms with Gasteiger partial charge in [-0.05, 0) is 51.9 Å². The lowest BCUT2D eigenvalue weighted by Crippen LogP contribution is -2.42. The molecule has 0 spiro atoms. The first-order valence-corrected chi connectivity index (χ1v) is 13.3. The molecular weight excluding hydrogens is 522 g/mol. The van der Waals surface area contributed by atoms with Crippen molar-refractivity contribution in [1.82, 2.24) is 20.2 Å². The summed E-state index contributed by atoms with van der Waals surface area (Å²) in [5.41, 5.74) is 1.64. The van der Waals surface area contributed by atoms with E-state index in [1.54, 1.807) is 13.2 Å². The quantitative estimate of drug-likeness (QED) is 0.356. The van der Waals surface area contributed by atoms with Gasteiger partial charge in [0.2, 0.25) is 23.6 Å². The van der Waals surface area contributed by atoms with Crippen molar-refractivity contribution in [2.24, 2.45) is 0 Å². The summed E-state index contributed by atoms with van der Waals surface area (Å²) in [4.78, 5) is 37.0. The van der Waals surface area contributed by atoms with E-state index in [2.05, 4.69) is 56.4 Å². The number of carbonyl (C=O) groups is 2. The first-order valence-electron chi connectivity index (χ1n) is 12.9. The van der Waals surface area contributed by atoms with Crippen LogP contribution in [-0.4, -0.2) is 79.2 Å². The number of hydrogen-bond donors (Lipinski definition) is 3. The molecule has 2 fully saturated rings. The van der Waals surface area contributed by atoms with Crippen molar-refractivity contribution in [2.45, 2.75) is 44.2 Å². The molecule has 12 heteroatoms. The zero-order valence-corrected chi connectivity index (χ0v) is 23.6. The lowest BCUT2D eigenvalue weighted by molar-refractivity contribution is -0.120. The lowest BCUT2D eigenvalue weighted by Gasteiger charge is -2.37. The third-order valence-corrected chi connectivity index (χ3v) is 7.29. The molecule has 2 aliphatic rings. The van der Waals surface area contributed by atoms with E-state index in [1.165, 1.54) is 19.2 Å². The van der Waals surface area contributed by atoms with Gasteiger partial charge in [0.1, 0.15) is 17.4 Å². The second kappa shape index (κ2) is 12.1. The zero-order valence-electron chi connectivity index (χ0n) is 22.8. The summed E-state index contributed by atoms with van der Waals surface area (Å²) < 4.78 is 11.6. The van der Waals surface area contributed by atoms with Crippen LogP contribution >= 0.6 is 11.6 Å². The van der Waals surface area contributed by atoms with E-state index in [0.717, 1.165) is 44.5 Å². The number of nitrogens with zero attached hydrogens (tertiary/aromatic N) is 4. The van der Waals surface area contributed by atoms with Gasteiger partial charge in [0.25, 0.3) is 0 Å². The Labute approximate surface area is 233 Å². The maximum absolute atomic E-state index is 12.3. The van der Waals surface area contributed by atoms with Crippen molar-refractivity contribution in [3.63, 3.8) is 0 Å². The lowest BCUT2D eigenvalue weighted by atomic mass is 10.0. The van der Waals surface area contributed by atoms with Gasteiger partial charge in [0.15, 0.2) is 0 Å². The molecule has 2 heterocycles. The average Bonchev–Trinajstić information content (AvgIpc) is 3.67. The number of benzene rings is 1. The van der Waals surface area contributed by atoms with Crippen LogP contribution in [-0.2, 0) is 9.59 Å². The van der Waals surface area contributed by atoms with Crippen LogP contribution in [0.4, 0.5) is 23.0 Å². The topological polar surface area (TPSA) is 121 Å². The minimum absolute atomic E-state index is 0.107. The van der Waals surface area contributed by atoms with Crippen molar-refractivity contribution >= 4 is 46.4 Å². The van der Waals surface area contributed by atoms with Crippen LogP contribution < -0.4 is 30.3 Å². The number of aromatic nitrogens is 2. The van der Waals surface area contributed by atoms with E-state index in [9.17, 15) is 9.59 Å². The van der Waals surface area contributed by atoms with E-state index in [4.69, 9.17) is 21.1 Å². The molecule has 1 aromatic carbocycles. The molecule has 2 amide bonds. The summed E-state index contributed by atoms with van der Waals surface area (Å²) >= 11 is 6.29. The number of ether oxygens (including phenoxy) is 2. The molecule has 1 aromatic heterocycles. The maximum atomic E-state index is 12.3. The number of anilines is 4. The molecule has 0 radical (unpaired) electrons. The highest BCUT2D eigenvalue weighted by Gasteiger charge is 2.44. The van der Waals surface area contributed by atoms with Crippen LogP contribution in [0.1, 0.15) is 32.6 Å². The monoisotopic (exact) mass is 557 g/mol. The second-order valence-corrected chi connectivity index (χ2v) is 10.6. The second-order valence-electron chi connectivity index (χ2n) is 10.2. The molecule has 39 heavy (non-hydrogen) atoms. The fourth-order valence-electron chi connectivity index (χ4n) is 4.67. The van der Waals surface area contributed by atoms with Crippen LogP contribution in [0.3, 0.4) is 0 Å². The zero-order chi connectivity index (χ0) is 28.2. The van der Waals surface area contributed by atoms with Gasteiger partial charge in [0, 0.05) is 32.1 Å². The number of piperidine rings is 1. The van der Waals surface area contributed by atoms with E-state index in [-0.39, 0.29) is 40.8 Å². The summed E-state index contributed by atoms with van der Waals surface area (Å²) in [6.45, 7) is 7.01. The van der Waals surface area contributed by atoms with Gasteiger partial charge >= 0.3 is 0 Å². The highest BCUT2D eigenvalue weighted by atomic mass is 35.5. The molecule has 1 aliphatic heterocycles. The SMILES string of the molecule is C=CC(=O)Nc1cc(Nc2ncc(Cl)c(OCC3(NC(C)=O)CC3)n2)c(OC)cc1N1CCC(N(C)C)CC1. The number of rotatable bonds is 11. The van der Waals surface area contributed by atoms with E-state index >= 15 is 0 Å². The summed E-state index contributed by atoms with van der Waals surface area (Å²) in [6.07, 6.45) is 6.36. The Morgan fingerprint density at radius 3 is 2.56 bits per heavy atom.